The van der Waals surface area contributed by atoms with Crippen LogP contribution in [-0.4, -0.2) is 6.71 Å². The van der Waals surface area contributed by atoms with Crippen molar-refractivity contribution in [3.05, 3.63) is 136 Å². The zero-order valence-electron chi connectivity index (χ0n) is 41.9. The molecule has 4 aliphatic rings. The molecule has 1 aromatic heterocycles. The van der Waals surface area contributed by atoms with Gasteiger partial charge in [-0.1, -0.05) is 158 Å². The summed E-state index contributed by atoms with van der Waals surface area (Å²) in [5.74, 6) is 2.17. The first-order valence-electron chi connectivity index (χ1n) is 24.2. The summed E-state index contributed by atoms with van der Waals surface area (Å²) in [6, 6.07) is 35.7. The van der Waals surface area contributed by atoms with E-state index in [9.17, 15) is 0 Å². The highest BCUT2D eigenvalue weighted by atomic mass is 16.4. The molecule has 0 spiro atoms. The number of anilines is 6. The molecule has 0 saturated carbocycles. The van der Waals surface area contributed by atoms with E-state index >= 15 is 0 Å². The number of rotatable bonds is 3. The van der Waals surface area contributed by atoms with Gasteiger partial charge >= 0.3 is 0 Å². The van der Waals surface area contributed by atoms with Gasteiger partial charge in [0.1, 0.15) is 5.76 Å². The molecule has 5 aromatic carbocycles. The van der Waals surface area contributed by atoms with E-state index in [2.05, 4.69) is 212 Å². The van der Waals surface area contributed by atoms with Crippen LogP contribution in [0.25, 0.3) is 11.1 Å². The lowest BCUT2D eigenvalue weighted by molar-refractivity contribution is 0.280. The maximum Gasteiger partial charge on any atom is 0.256 e. The molecule has 0 unspecified atom stereocenters. The zero-order chi connectivity index (χ0) is 45.8. The van der Waals surface area contributed by atoms with Crippen LogP contribution in [0.1, 0.15) is 167 Å². The van der Waals surface area contributed by atoms with Gasteiger partial charge in [0.15, 0.2) is 5.88 Å². The molecule has 0 fully saturated rings. The van der Waals surface area contributed by atoms with E-state index < -0.39 is 0 Å². The number of aryl methyl sites for hydroxylation is 2. The highest BCUT2D eigenvalue weighted by Crippen LogP contribution is 2.55. The van der Waals surface area contributed by atoms with E-state index in [1.54, 1.807) is 0 Å². The summed E-state index contributed by atoms with van der Waals surface area (Å²) in [5, 5.41) is 0. The summed E-state index contributed by atoms with van der Waals surface area (Å²) in [7, 11) is 0. The summed E-state index contributed by atoms with van der Waals surface area (Å²) in [5.41, 5.74) is 22.3. The van der Waals surface area contributed by atoms with E-state index in [0.29, 0.717) is 0 Å². The fraction of sp³-hybridized carbons (Fsp3) is 0.433. The number of fused-ring (bicyclic) bond motifs is 7. The highest BCUT2D eigenvalue weighted by Gasteiger charge is 2.53. The Hall–Kier alpha value is -4.96. The number of hydrogen-bond acceptors (Lipinski definition) is 3. The van der Waals surface area contributed by atoms with Crippen LogP contribution in [0.3, 0.4) is 0 Å². The number of nitrogens with zero attached hydrogens (tertiary/aromatic N) is 2. The lowest BCUT2D eigenvalue weighted by atomic mass is 9.32. The van der Waals surface area contributed by atoms with Crippen molar-refractivity contribution in [2.45, 2.75) is 169 Å². The Morgan fingerprint density at radius 2 is 1.05 bits per heavy atom. The second-order valence-electron chi connectivity index (χ2n) is 24.9. The Kier molecular flexibility index (Phi) is 9.26. The summed E-state index contributed by atoms with van der Waals surface area (Å²) < 4.78 is 7.73. The normalized spacial score (nSPS) is 18.8. The van der Waals surface area contributed by atoms with E-state index in [4.69, 9.17) is 4.42 Å². The topological polar surface area (TPSA) is 19.6 Å². The third-order valence-corrected chi connectivity index (χ3v) is 16.3. The number of hydrogen-bond donors (Lipinski definition) is 0. The molecule has 3 heterocycles. The Morgan fingerprint density at radius 1 is 0.484 bits per heavy atom. The summed E-state index contributed by atoms with van der Waals surface area (Å²) >= 11 is 0. The predicted octanol–water partition coefficient (Wildman–Crippen LogP) is 14.9. The van der Waals surface area contributed by atoms with Crippen LogP contribution in [0, 0.1) is 13.8 Å². The second kappa shape index (κ2) is 13.8. The molecule has 6 aromatic rings. The molecule has 0 bridgehead atoms. The molecule has 2 aliphatic heterocycles. The average molecular weight is 847 g/mol. The highest BCUT2D eigenvalue weighted by molar-refractivity contribution is 7.00. The Morgan fingerprint density at radius 3 is 1.67 bits per heavy atom. The molecule has 330 valence electrons. The quantitative estimate of drug-likeness (QED) is 0.165. The van der Waals surface area contributed by atoms with Crippen LogP contribution < -0.4 is 26.2 Å². The van der Waals surface area contributed by atoms with Crippen LogP contribution in [0.2, 0.25) is 0 Å². The maximum atomic E-state index is 7.73. The smallest absolute Gasteiger partial charge is 0.256 e. The molecule has 0 amide bonds. The minimum absolute atomic E-state index is 0.0386. The van der Waals surface area contributed by atoms with Crippen LogP contribution in [-0.2, 0) is 32.5 Å². The van der Waals surface area contributed by atoms with Crippen molar-refractivity contribution in [1.29, 1.82) is 0 Å². The molecule has 4 heteroatoms. The molecule has 3 nitrogen and oxygen atoms in total. The summed E-state index contributed by atoms with van der Waals surface area (Å²) in [4.78, 5) is 5.24. The molecule has 0 saturated heterocycles. The molecule has 0 radical (unpaired) electrons. The summed E-state index contributed by atoms with van der Waals surface area (Å²) in [6.45, 7) is 38.3. The lowest BCUT2D eigenvalue weighted by Gasteiger charge is -2.46. The fourth-order valence-electron chi connectivity index (χ4n) is 11.9. The van der Waals surface area contributed by atoms with Crippen LogP contribution in [0.5, 0.6) is 0 Å². The van der Waals surface area contributed by atoms with Gasteiger partial charge in [0.25, 0.3) is 6.71 Å². The van der Waals surface area contributed by atoms with E-state index in [-0.39, 0.29) is 39.2 Å². The first-order chi connectivity index (χ1) is 29.8. The molecule has 2 aliphatic carbocycles. The van der Waals surface area contributed by atoms with Gasteiger partial charge in [-0.05, 0) is 163 Å². The molecule has 0 N–H and O–H groups in total. The van der Waals surface area contributed by atoms with Crippen molar-refractivity contribution in [1.82, 2.24) is 0 Å². The number of benzene rings is 5. The van der Waals surface area contributed by atoms with E-state index in [0.717, 1.165) is 30.9 Å². The monoisotopic (exact) mass is 847 g/mol. The standard InChI is InChI=1S/C60H71BN2O/c1-36-30-40(55(3,4)5)23-25-45(36)62-46-24-22-39(38-20-18-17-19-21-38)32-44(46)61-51-48(62)33-41(56(6,7)8)34-49(51)63(54-52(61)50-53(64-54)60(15,16)29-28-59(50,13)14)47-35-43-42(31-37(47)2)57(9,10)26-27-58(43,11)12/h17-25,30-35H,26-29H2,1-16H3. The average Bonchev–Trinajstić information content (AvgIpc) is 3.64. The van der Waals surface area contributed by atoms with Gasteiger partial charge < -0.3 is 9.32 Å². The Labute approximate surface area is 385 Å². The van der Waals surface area contributed by atoms with Gasteiger partial charge in [-0.2, -0.15) is 0 Å². The molecule has 10 rings (SSSR count). The van der Waals surface area contributed by atoms with Gasteiger partial charge in [-0.3, -0.25) is 4.90 Å². The predicted molar refractivity (Wildman–Crippen MR) is 276 cm³/mol. The van der Waals surface area contributed by atoms with Gasteiger partial charge in [0.2, 0.25) is 0 Å². The van der Waals surface area contributed by atoms with E-state index in [1.807, 2.05) is 0 Å². The maximum absolute atomic E-state index is 7.73. The second-order valence-corrected chi connectivity index (χ2v) is 24.9. The summed E-state index contributed by atoms with van der Waals surface area (Å²) in [6.07, 6.45) is 4.55. The van der Waals surface area contributed by atoms with Crippen molar-refractivity contribution in [3.8, 4) is 11.1 Å². The molecular weight excluding hydrogens is 775 g/mol. The minimum Gasteiger partial charge on any atom is -0.444 e. The minimum atomic E-state index is -0.121. The van der Waals surface area contributed by atoms with Gasteiger partial charge in [0, 0.05) is 28.2 Å². The number of furan rings is 1. The van der Waals surface area contributed by atoms with Crippen LogP contribution >= 0.6 is 0 Å². The molecular formula is C60H71BN2O. The largest absolute Gasteiger partial charge is 0.444 e. The van der Waals surface area contributed by atoms with Gasteiger partial charge in [-0.25, -0.2) is 0 Å². The lowest BCUT2D eigenvalue weighted by Crippen LogP contribution is -2.63. The SMILES string of the molecule is Cc1cc(C(C)(C)C)ccc1N1c2ccc(-c3ccccc3)cc2B2c3c1cc(C(C)(C)C)cc3N(c1cc3c(cc1C)C(C)(C)CCC3(C)C)c1oc3c(c12)C(C)(C)CCC3(C)C. The fourth-order valence-corrected chi connectivity index (χ4v) is 11.9. The molecule has 64 heavy (non-hydrogen) atoms. The van der Waals surface area contributed by atoms with Gasteiger partial charge in [-0.15, -0.1) is 0 Å². The van der Waals surface area contributed by atoms with Crippen molar-refractivity contribution >= 4 is 57.4 Å². The third kappa shape index (κ3) is 6.42. The first kappa shape index (κ1) is 43.0. The Balaban J connectivity index is 1.38. The van der Waals surface area contributed by atoms with Gasteiger partial charge in [0.05, 0.1) is 5.69 Å². The first-order valence-corrected chi connectivity index (χ1v) is 24.2. The van der Waals surface area contributed by atoms with Crippen molar-refractivity contribution in [2.75, 3.05) is 9.80 Å². The third-order valence-electron chi connectivity index (χ3n) is 16.3. The Bertz CT molecular complexity index is 2890. The van der Waals surface area contributed by atoms with Crippen molar-refractivity contribution in [2.24, 2.45) is 0 Å². The van der Waals surface area contributed by atoms with Crippen molar-refractivity contribution < 1.29 is 4.42 Å². The van der Waals surface area contributed by atoms with Crippen LogP contribution in [0.15, 0.2) is 95.4 Å². The van der Waals surface area contributed by atoms with Crippen molar-refractivity contribution in [3.63, 3.8) is 0 Å². The van der Waals surface area contributed by atoms with E-state index in [1.165, 1.54) is 101 Å². The van der Waals surface area contributed by atoms with Crippen LogP contribution in [0.4, 0.5) is 34.3 Å². The molecule has 0 atom stereocenters. The zero-order valence-corrected chi connectivity index (χ0v) is 41.9.